The normalized spacial score (nSPS) is 23.3. The van der Waals surface area contributed by atoms with E-state index in [2.05, 4.69) is 73.0 Å². The quantitative estimate of drug-likeness (QED) is 0.0801. The Labute approximate surface area is 289 Å². The minimum absolute atomic E-state index is 0.0390. The van der Waals surface area contributed by atoms with Gasteiger partial charge in [-0.15, -0.1) is 0 Å². The SMILES string of the molecule is CC/C=C/C/C=C/C/C=C/C/C=C/C/C=C/C/C=C/CCC(=O)OCCCOc1c2c(cc3c1C(=O)N[C@@H]1C3C[C@H](O)[C@@H](O)[C@H]1O)OCO2. The van der Waals surface area contributed by atoms with Gasteiger partial charge in [-0.05, 0) is 63.0 Å². The van der Waals surface area contributed by atoms with E-state index >= 15 is 0 Å². The van der Waals surface area contributed by atoms with Crippen molar-refractivity contribution in [2.24, 2.45) is 0 Å². The Bertz CT molecular complexity index is 1410. The van der Waals surface area contributed by atoms with Gasteiger partial charge >= 0.3 is 5.97 Å². The predicted octanol–water partition coefficient (Wildman–Crippen LogP) is 5.89. The van der Waals surface area contributed by atoms with Crippen molar-refractivity contribution in [3.63, 3.8) is 0 Å². The van der Waals surface area contributed by atoms with Crippen LogP contribution in [0, 0.1) is 0 Å². The van der Waals surface area contributed by atoms with Crippen LogP contribution in [0.4, 0.5) is 0 Å². The summed E-state index contributed by atoms with van der Waals surface area (Å²) in [6, 6.07) is 0.913. The Morgan fingerprint density at radius 3 is 2.10 bits per heavy atom. The molecule has 4 N–H and O–H groups in total. The van der Waals surface area contributed by atoms with Gasteiger partial charge < -0.3 is 39.6 Å². The summed E-state index contributed by atoms with van der Waals surface area (Å²) < 4.78 is 22.5. The first-order chi connectivity index (χ1) is 23.9. The van der Waals surface area contributed by atoms with E-state index in [1.54, 1.807) is 6.07 Å². The zero-order valence-electron chi connectivity index (χ0n) is 28.4. The van der Waals surface area contributed by atoms with Gasteiger partial charge in [0, 0.05) is 18.8 Å². The molecule has 0 saturated heterocycles. The van der Waals surface area contributed by atoms with Gasteiger partial charge in [0.25, 0.3) is 5.91 Å². The first-order valence-electron chi connectivity index (χ1n) is 17.4. The summed E-state index contributed by atoms with van der Waals surface area (Å²) in [7, 11) is 0. The van der Waals surface area contributed by atoms with Crippen molar-refractivity contribution in [2.75, 3.05) is 20.0 Å². The number of aliphatic hydroxyl groups is 3. The van der Waals surface area contributed by atoms with Crippen LogP contribution in [0.15, 0.2) is 79.0 Å². The van der Waals surface area contributed by atoms with E-state index < -0.39 is 36.2 Å². The van der Waals surface area contributed by atoms with Crippen LogP contribution in [-0.4, -0.2) is 71.6 Å². The molecule has 4 rings (SSSR count). The molecule has 1 aromatic carbocycles. The summed E-state index contributed by atoms with van der Waals surface area (Å²) in [6.45, 7) is 2.41. The first-order valence-corrected chi connectivity index (χ1v) is 17.4. The molecule has 10 nitrogen and oxygen atoms in total. The fourth-order valence-corrected chi connectivity index (χ4v) is 5.98. The lowest BCUT2D eigenvalue weighted by Crippen LogP contribution is -2.61. The Balaban J connectivity index is 1.09. The molecule has 5 atom stereocenters. The minimum atomic E-state index is -1.36. The van der Waals surface area contributed by atoms with Crippen molar-refractivity contribution in [1.82, 2.24) is 5.32 Å². The number of rotatable bonds is 19. The van der Waals surface area contributed by atoms with Crippen molar-refractivity contribution < 1.29 is 43.9 Å². The summed E-state index contributed by atoms with van der Waals surface area (Å²) in [6.07, 6.45) is 29.0. The molecular formula is C39H51NO9. The molecule has 2 heterocycles. The van der Waals surface area contributed by atoms with Crippen molar-refractivity contribution >= 4 is 11.9 Å². The lowest BCUT2D eigenvalue weighted by atomic mass is 9.72. The van der Waals surface area contributed by atoms with E-state index in [9.17, 15) is 24.9 Å². The predicted molar refractivity (Wildman–Crippen MR) is 188 cm³/mol. The second-order valence-electron chi connectivity index (χ2n) is 12.2. The van der Waals surface area contributed by atoms with E-state index in [0.717, 1.165) is 38.5 Å². The van der Waals surface area contributed by atoms with Gasteiger partial charge in [0.2, 0.25) is 12.5 Å². The molecule has 3 aliphatic rings. The number of nitrogens with one attached hydrogen (secondary N) is 1. The highest BCUT2D eigenvalue weighted by atomic mass is 16.7. The summed E-state index contributed by atoms with van der Waals surface area (Å²) in [5, 5.41) is 33.7. The lowest BCUT2D eigenvalue weighted by molar-refractivity contribution is -0.143. The Morgan fingerprint density at radius 1 is 0.857 bits per heavy atom. The monoisotopic (exact) mass is 677 g/mol. The first kappa shape index (κ1) is 37.7. The van der Waals surface area contributed by atoms with E-state index in [0.29, 0.717) is 29.9 Å². The minimum Gasteiger partial charge on any atom is -0.489 e. The van der Waals surface area contributed by atoms with Crippen LogP contribution in [0.25, 0.3) is 0 Å². The molecule has 49 heavy (non-hydrogen) atoms. The molecule has 1 unspecified atom stereocenters. The molecule has 1 saturated carbocycles. The molecule has 266 valence electrons. The number of benzene rings is 1. The smallest absolute Gasteiger partial charge is 0.306 e. The molecule has 1 amide bonds. The molecule has 0 aromatic heterocycles. The van der Waals surface area contributed by atoms with Crippen LogP contribution >= 0.6 is 0 Å². The number of fused-ring (bicyclic) bond motifs is 4. The van der Waals surface area contributed by atoms with Crippen LogP contribution in [0.5, 0.6) is 17.2 Å². The van der Waals surface area contributed by atoms with Gasteiger partial charge in [0.1, 0.15) is 12.2 Å². The second-order valence-corrected chi connectivity index (χ2v) is 12.2. The highest BCUT2D eigenvalue weighted by Crippen LogP contribution is 2.50. The van der Waals surface area contributed by atoms with Crippen molar-refractivity contribution in [1.29, 1.82) is 0 Å². The zero-order valence-corrected chi connectivity index (χ0v) is 28.4. The molecule has 0 bridgehead atoms. The third-order valence-corrected chi connectivity index (χ3v) is 8.53. The van der Waals surface area contributed by atoms with Crippen molar-refractivity contribution in [3.05, 3.63) is 90.1 Å². The van der Waals surface area contributed by atoms with Crippen molar-refractivity contribution in [3.8, 4) is 17.2 Å². The Kier molecular flexibility index (Phi) is 15.7. The number of carbonyl (C=O) groups excluding carboxylic acids is 2. The van der Waals surface area contributed by atoms with Gasteiger partial charge in [-0.3, -0.25) is 9.59 Å². The van der Waals surface area contributed by atoms with Crippen LogP contribution in [-0.2, 0) is 9.53 Å². The van der Waals surface area contributed by atoms with Crippen LogP contribution in [0.3, 0.4) is 0 Å². The van der Waals surface area contributed by atoms with E-state index in [4.69, 9.17) is 18.9 Å². The van der Waals surface area contributed by atoms with Crippen LogP contribution in [0.1, 0.15) is 93.0 Å². The molecule has 2 aliphatic heterocycles. The second kappa shape index (κ2) is 20.4. The Morgan fingerprint density at radius 2 is 1.47 bits per heavy atom. The number of aliphatic hydroxyl groups excluding tert-OH is 3. The van der Waals surface area contributed by atoms with Crippen LogP contribution < -0.4 is 19.5 Å². The van der Waals surface area contributed by atoms with Crippen LogP contribution in [0.2, 0.25) is 0 Å². The summed E-state index contributed by atoms with van der Waals surface area (Å²) in [5.41, 5.74) is 0.800. The summed E-state index contributed by atoms with van der Waals surface area (Å²) >= 11 is 0. The third-order valence-electron chi connectivity index (χ3n) is 8.53. The Hall–Kier alpha value is -4.12. The lowest BCUT2D eigenvalue weighted by Gasteiger charge is -2.44. The maximum Gasteiger partial charge on any atom is 0.306 e. The maximum atomic E-state index is 13.2. The fourth-order valence-electron chi connectivity index (χ4n) is 5.98. The zero-order chi connectivity index (χ0) is 34.8. The van der Waals surface area contributed by atoms with Gasteiger partial charge in [-0.1, -0.05) is 79.8 Å². The van der Waals surface area contributed by atoms with Gasteiger partial charge in [-0.2, -0.15) is 0 Å². The number of hydrogen-bond acceptors (Lipinski definition) is 9. The average Bonchev–Trinajstić information content (AvgIpc) is 3.57. The van der Waals surface area contributed by atoms with E-state index in [1.165, 1.54) is 0 Å². The fraction of sp³-hybridized carbons (Fsp3) is 0.487. The highest BCUT2D eigenvalue weighted by molar-refractivity contribution is 6.01. The molecular weight excluding hydrogens is 626 g/mol. The number of amides is 1. The molecule has 1 aromatic rings. The van der Waals surface area contributed by atoms with Gasteiger partial charge in [0.05, 0.1) is 30.9 Å². The summed E-state index contributed by atoms with van der Waals surface area (Å²) in [5.74, 6) is -0.319. The molecule has 0 spiro atoms. The van der Waals surface area contributed by atoms with Gasteiger partial charge in [-0.25, -0.2) is 0 Å². The topological polar surface area (TPSA) is 144 Å². The molecule has 1 aliphatic carbocycles. The number of carbonyl (C=O) groups is 2. The maximum absolute atomic E-state index is 13.2. The number of ether oxygens (including phenoxy) is 4. The van der Waals surface area contributed by atoms with E-state index in [-0.39, 0.29) is 50.1 Å². The highest BCUT2D eigenvalue weighted by Gasteiger charge is 2.49. The molecule has 0 radical (unpaired) electrons. The largest absolute Gasteiger partial charge is 0.489 e. The molecule has 10 heteroatoms. The summed E-state index contributed by atoms with van der Waals surface area (Å²) in [4.78, 5) is 25.3. The number of allylic oxidation sites excluding steroid dienone is 12. The number of hydrogen-bond donors (Lipinski definition) is 4. The third kappa shape index (κ3) is 11.2. The van der Waals surface area contributed by atoms with Gasteiger partial charge in [0.15, 0.2) is 11.5 Å². The average molecular weight is 678 g/mol. The molecule has 1 fully saturated rings. The standard InChI is InChI=1S/C39H51NO9/c1-2-3-4-5-6-7-8-9-10-11-12-13-14-15-16-17-18-19-20-22-32(42)46-23-21-24-47-38-33-28(26-31-37(38)49-27-48-31)29-25-30(41)35(43)36(44)34(29)40-39(33)45/h3-4,6-7,9-10,12-13,15-16,18-19,26,29-30,34-36,41,43-44H,2,5,8,11,14,17,20-25,27H2,1H3,(H,40,45)/b4-3+,7-6+,10-9+,13-12+,16-15+,19-18+/t29?,30-,34+,35+,36-/m0/s1. The van der Waals surface area contributed by atoms with Crippen molar-refractivity contribution in [2.45, 2.75) is 101 Å². The number of esters is 1. The van der Waals surface area contributed by atoms with E-state index in [1.807, 2.05) is 12.2 Å².